The molecule has 2 rings (SSSR count). The van der Waals surface area contributed by atoms with Crippen LogP contribution in [-0.4, -0.2) is 19.8 Å². The molecular formula is C15H23NO. The fraction of sp³-hybridized carbons (Fsp3) is 0.600. The summed E-state index contributed by atoms with van der Waals surface area (Å²) in [6, 6.07) is 4.52. The SMILES string of the molecule is Cc1ccc(C2(CCCN)COC2)c(C)c1C. The molecular weight excluding hydrogens is 210 g/mol. The summed E-state index contributed by atoms with van der Waals surface area (Å²) in [5.74, 6) is 0. The van der Waals surface area contributed by atoms with Gasteiger partial charge in [0.2, 0.25) is 0 Å². The third-order valence-corrected chi connectivity index (χ3v) is 4.25. The summed E-state index contributed by atoms with van der Waals surface area (Å²) in [6.45, 7) is 9.11. The highest BCUT2D eigenvalue weighted by Crippen LogP contribution is 2.39. The predicted octanol–water partition coefficient (Wildman–Crippen LogP) is 2.62. The van der Waals surface area contributed by atoms with Gasteiger partial charge in [0, 0.05) is 5.41 Å². The van der Waals surface area contributed by atoms with Crippen LogP contribution in [0, 0.1) is 20.8 Å². The molecule has 0 amide bonds. The molecule has 17 heavy (non-hydrogen) atoms. The van der Waals surface area contributed by atoms with Crippen molar-refractivity contribution in [2.75, 3.05) is 19.8 Å². The largest absolute Gasteiger partial charge is 0.379 e. The molecule has 0 atom stereocenters. The molecule has 1 fully saturated rings. The second-order valence-corrected chi connectivity index (χ2v) is 5.35. The summed E-state index contributed by atoms with van der Waals surface area (Å²) in [7, 11) is 0. The second kappa shape index (κ2) is 4.79. The first-order valence-corrected chi connectivity index (χ1v) is 6.46. The van der Waals surface area contributed by atoms with Gasteiger partial charge in [-0.15, -0.1) is 0 Å². The van der Waals surface area contributed by atoms with Crippen molar-refractivity contribution in [2.45, 2.75) is 39.0 Å². The van der Waals surface area contributed by atoms with Crippen LogP contribution in [0.5, 0.6) is 0 Å². The van der Waals surface area contributed by atoms with Crippen LogP contribution in [0.4, 0.5) is 0 Å². The highest BCUT2D eigenvalue weighted by molar-refractivity contribution is 5.43. The van der Waals surface area contributed by atoms with E-state index in [2.05, 4.69) is 32.9 Å². The van der Waals surface area contributed by atoms with Crippen LogP contribution >= 0.6 is 0 Å². The molecule has 1 saturated heterocycles. The molecule has 2 heteroatoms. The lowest BCUT2D eigenvalue weighted by Crippen LogP contribution is -2.47. The van der Waals surface area contributed by atoms with E-state index >= 15 is 0 Å². The van der Waals surface area contributed by atoms with E-state index in [9.17, 15) is 0 Å². The number of benzene rings is 1. The standard InChI is InChI=1S/C15H23NO/c1-11-5-6-14(13(3)12(11)2)15(7-4-8-16)9-17-10-15/h5-6H,4,7-10,16H2,1-3H3. The van der Waals surface area contributed by atoms with Gasteiger partial charge in [0.05, 0.1) is 13.2 Å². The molecule has 1 aliphatic heterocycles. The van der Waals surface area contributed by atoms with Crippen LogP contribution in [0.25, 0.3) is 0 Å². The molecule has 1 aliphatic rings. The minimum atomic E-state index is 0.238. The van der Waals surface area contributed by atoms with Gasteiger partial charge in [0.25, 0.3) is 0 Å². The predicted molar refractivity (Wildman–Crippen MR) is 71.4 cm³/mol. The molecule has 0 spiro atoms. The Bertz CT molecular complexity index is 408. The third-order valence-electron chi connectivity index (χ3n) is 4.25. The molecule has 1 aromatic rings. The Hall–Kier alpha value is -0.860. The van der Waals surface area contributed by atoms with E-state index in [-0.39, 0.29) is 5.41 Å². The lowest BCUT2D eigenvalue weighted by Gasteiger charge is -2.43. The maximum Gasteiger partial charge on any atom is 0.0585 e. The van der Waals surface area contributed by atoms with Gasteiger partial charge < -0.3 is 10.5 Å². The van der Waals surface area contributed by atoms with Crippen molar-refractivity contribution in [2.24, 2.45) is 5.73 Å². The van der Waals surface area contributed by atoms with Gasteiger partial charge in [-0.2, -0.15) is 0 Å². The lowest BCUT2D eigenvalue weighted by atomic mass is 9.72. The Labute approximate surface area is 104 Å². The molecule has 94 valence electrons. The minimum Gasteiger partial charge on any atom is -0.379 e. The van der Waals surface area contributed by atoms with E-state index in [1.807, 2.05) is 0 Å². The number of ether oxygens (including phenoxy) is 1. The summed E-state index contributed by atoms with van der Waals surface area (Å²) in [5.41, 5.74) is 11.6. The average Bonchev–Trinajstić information content (AvgIpc) is 2.27. The van der Waals surface area contributed by atoms with Gasteiger partial charge in [0.15, 0.2) is 0 Å². The van der Waals surface area contributed by atoms with Gasteiger partial charge in [0.1, 0.15) is 0 Å². The summed E-state index contributed by atoms with van der Waals surface area (Å²) < 4.78 is 5.47. The monoisotopic (exact) mass is 233 g/mol. The number of hydrogen-bond donors (Lipinski definition) is 1. The summed E-state index contributed by atoms with van der Waals surface area (Å²) >= 11 is 0. The molecule has 0 aromatic heterocycles. The van der Waals surface area contributed by atoms with Crippen molar-refractivity contribution >= 4 is 0 Å². The van der Waals surface area contributed by atoms with Crippen LogP contribution < -0.4 is 5.73 Å². The molecule has 0 aliphatic carbocycles. The van der Waals surface area contributed by atoms with E-state index in [0.717, 1.165) is 32.6 Å². The summed E-state index contributed by atoms with van der Waals surface area (Å²) in [6.07, 6.45) is 2.22. The Morgan fingerprint density at radius 2 is 1.88 bits per heavy atom. The Morgan fingerprint density at radius 3 is 2.41 bits per heavy atom. The smallest absolute Gasteiger partial charge is 0.0585 e. The zero-order valence-electron chi connectivity index (χ0n) is 11.2. The van der Waals surface area contributed by atoms with Crippen molar-refractivity contribution in [3.05, 3.63) is 34.4 Å². The van der Waals surface area contributed by atoms with Gasteiger partial charge in [-0.3, -0.25) is 0 Å². The molecule has 2 N–H and O–H groups in total. The van der Waals surface area contributed by atoms with Crippen LogP contribution in [-0.2, 0) is 10.2 Å². The lowest BCUT2D eigenvalue weighted by molar-refractivity contribution is -0.0652. The van der Waals surface area contributed by atoms with Crippen molar-refractivity contribution in [3.8, 4) is 0 Å². The molecule has 0 bridgehead atoms. The maximum atomic E-state index is 5.64. The van der Waals surface area contributed by atoms with Gasteiger partial charge in [-0.25, -0.2) is 0 Å². The van der Waals surface area contributed by atoms with Crippen molar-refractivity contribution < 1.29 is 4.74 Å². The number of rotatable bonds is 4. The van der Waals surface area contributed by atoms with E-state index in [0.29, 0.717) is 0 Å². The molecule has 1 heterocycles. The normalized spacial score (nSPS) is 17.9. The average molecular weight is 233 g/mol. The fourth-order valence-electron chi connectivity index (χ4n) is 2.75. The fourth-order valence-corrected chi connectivity index (χ4v) is 2.75. The maximum absolute atomic E-state index is 5.64. The second-order valence-electron chi connectivity index (χ2n) is 5.35. The van der Waals surface area contributed by atoms with Gasteiger partial charge in [-0.05, 0) is 62.4 Å². The minimum absolute atomic E-state index is 0.238. The third kappa shape index (κ3) is 2.12. The molecule has 0 saturated carbocycles. The summed E-state index contributed by atoms with van der Waals surface area (Å²) in [4.78, 5) is 0. The summed E-state index contributed by atoms with van der Waals surface area (Å²) in [5, 5.41) is 0. The topological polar surface area (TPSA) is 35.2 Å². The number of nitrogens with two attached hydrogens (primary N) is 1. The molecule has 0 radical (unpaired) electrons. The zero-order chi connectivity index (χ0) is 12.5. The Balaban J connectivity index is 2.34. The van der Waals surface area contributed by atoms with Gasteiger partial charge in [-0.1, -0.05) is 12.1 Å². The molecule has 0 unspecified atom stereocenters. The van der Waals surface area contributed by atoms with Crippen molar-refractivity contribution in [3.63, 3.8) is 0 Å². The van der Waals surface area contributed by atoms with E-state index in [1.54, 1.807) is 0 Å². The van der Waals surface area contributed by atoms with Crippen LogP contribution in [0.3, 0.4) is 0 Å². The van der Waals surface area contributed by atoms with E-state index in [4.69, 9.17) is 10.5 Å². The van der Waals surface area contributed by atoms with Crippen LogP contribution in [0.15, 0.2) is 12.1 Å². The van der Waals surface area contributed by atoms with E-state index in [1.165, 1.54) is 22.3 Å². The van der Waals surface area contributed by atoms with Crippen LogP contribution in [0.2, 0.25) is 0 Å². The Morgan fingerprint density at radius 1 is 1.18 bits per heavy atom. The first kappa shape index (κ1) is 12.6. The number of hydrogen-bond acceptors (Lipinski definition) is 2. The highest BCUT2D eigenvalue weighted by atomic mass is 16.5. The van der Waals surface area contributed by atoms with Crippen molar-refractivity contribution in [1.82, 2.24) is 0 Å². The first-order chi connectivity index (χ1) is 8.10. The first-order valence-electron chi connectivity index (χ1n) is 6.46. The van der Waals surface area contributed by atoms with E-state index < -0.39 is 0 Å². The highest BCUT2D eigenvalue weighted by Gasteiger charge is 2.40. The zero-order valence-corrected chi connectivity index (χ0v) is 11.2. The molecule has 1 aromatic carbocycles. The number of aryl methyl sites for hydroxylation is 1. The van der Waals surface area contributed by atoms with Crippen LogP contribution in [0.1, 0.15) is 35.1 Å². The van der Waals surface area contributed by atoms with Crippen molar-refractivity contribution in [1.29, 1.82) is 0 Å². The molecule has 2 nitrogen and oxygen atoms in total. The van der Waals surface area contributed by atoms with Gasteiger partial charge >= 0.3 is 0 Å². The Kier molecular flexibility index (Phi) is 3.55. The quantitative estimate of drug-likeness (QED) is 0.867.